The lowest BCUT2D eigenvalue weighted by Crippen LogP contribution is -2.41. The minimum Gasteiger partial charge on any atom is -0.461 e. The average molecular weight is 799 g/mol. The molecule has 0 aliphatic carbocycles. The highest BCUT2D eigenvalue weighted by Gasteiger charge is 2.63. The highest BCUT2D eigenvalue weighted by atomic mass is 35.5. The van der Waals surface area contributed by atoms with Gasteiger partial charge in [-0.25, -0.2) is 19.6 Å². The van der Waals surface area contributed by atoms with Crippen LogP contribution in [0.2, 0.25) is 5.02 Å². The first kappa shape index (κ1) is 43.0. The van der Waals surface area contributed by atoms with Crippen LogP contribution < -0.4 is 5.46 Å². The van der Waals surface area contributed by atoms with Gasteiger partial charge in [-0.1, -0.05) is 11.6 Å². The molecular formula is C38H54B3ClN2O12. The van der Waals surface area contributed by atoms with Gasteiger partial charge in [-0.2, -0.15) is 0 Å². The Morgan fingerprint density at radius 3 is 1.52 bits per heavy atom. The number of carbonyl (C=O) groups excluding carboxylic acids is 2. The molecule has 4 fully saturated rings. The van der Waals surface area contributed by atoms with Crippen LogP contribution in [0.5, 0.6) is 0 Å². The SMILES string of the molecule is CC1(C)OB(B2OC(C)(C)C(C)(C)O2)OC1(C)C.CCOC(=O)c1cc(B(O)O)c2c(n1)C1CCC(C2)O1.CCOC(=O)c1cc(Cl)c2c(n1)C1CCC(C2)O1. The molecular weight excluding hydrogens is 744 g/mol. The molecule has 2 N–H and O–H groups in total. The van der Waals surface area contributed by atoms with Crippen LogP contribution in [0.3, 0.4) is 0 Å². The Morgan fingerprint density at radius 2 is 1.11 bits per heavy atom. The molecule has 8 heterocycles. The Bertz CT molecular complexity index is 1750. The fourth-order valence-corrected chi connectivity index (χ4v) is 7.82. The largest absolute Gasteiger partial charge is 0.488 e. The van der Waals surface area contributed by atoms with Crippen molar-refractivity contribution in [3.05, 3.63) is 51.1 Å². The smallest absolute Gasteiger partial charge is 0.461 e. The van der Waals surface area contributed by atoms with Gasteiger partial charge in [0.1, 0.15) is 23.6 Å². The van der Waals surface area contributed by atoms with E-state index in [1.165, 1.54) is 6.07 Å². The second-order valence-corrected chi connectivity index (χ2v) is 17.3. The van der Waals surface area contributed by atoms with E-state index in [0.717, 1.165) is 48.9 Å². The number of carbonyl (C=O) groups is 2. The van der Waals surface area contributed by atoms with E-state index in [1.807, 2.05) is 55.4 Å². The summed E-state index contributed by atoms with van der Waals surface area (Å²) in [7, 11) is -2.58. The summed E-state index contributed by atoms with van der Waals surface area (Å²) in [5, 5.41) is 19.7. The molecule has 304 valence electrons. The molecule has 14 nitrogen and oxygen atoms in total. The molecule has 2 aromatic rings. The third-order valence-corrected chi connectivity index (χ3v) is 12.3. The Balaban J connectivity index is 0.000000143. The lowest BCUT2D eigenvalue weighted by Gasteiger charge is -2.32. The predicted octanol–water partition coefficient (Wildman–Crippen LogP) is 4.65. The van der Waals surface area contributed by atoms with E-state index < -0.39 is 33.1 Å². The normalized spacial score (nSPS) is 26.6. The Morgan fingerprint density at radius 1 is 0.714 bits per heavy atom. The van der Waals surface area contributed by atoms with Crippen molar-refractivity contribution >= 4 is 50.1 Å². The summed E-state index contributed by atoms with van der Waals surface area (Å²) in [5.74, 6) is -0.986. The van der Waals surface area contributed by atoms with E-state index in [9.17, 15) is 19.6 Å². The highest BCUT2D eigenvalue weighted by Crippen LogP contribution is 2.44. The molecule has 4 bridgehead atoms. The molecule has 0 amide bonds. The molecule has 18 heteroatoms. The van der Waals surface area contributed by atoms with E-state index in [2.05, 4.69) is 9.97 Å². The van der Waals surface area contributed by atoms with Crippen LogP contribution in [0, 0.1) is 0 Å². The molecule has 4 unspecified atom stereocenters. The summed E-state index contributed by atoms with van der Waals surface area (Å²) >= 11 is 6.25. The Labute approximate surface area is 335 Å². The van der Waals surface area contributed by atoms with Gasteiger partial charge in [-0.15, -0.1) is 0 Å². The monoisotopic (exact) mass is 798 g/mol. The minimum absolute atomic E-state index is 0.00868. The Hall–Kier alpha value is -2.60. The van der Waals surface area contributed by atoms with Crippen molar-refractivity contribution < 1.29 is 57.2 Å². The lowest BCUT2D eigenvalue weighted by atomic mass is 9.49. The fourth-order valence-electron chi connectivity index (χ4n) is 7.55. The molecule has 8 rings (SSSR count). The molecule has 6 aliphatic rings. The number of pyridine rings is 2. The molecule has 2 aromatic heterocycles. The number of halogens is 1. The molecule has 0 radical (unpaired) electrons. The maximum Gasteiger partial charge on any atom is 0.488 e. The number of aromatic nitrogens is 2. The first-order valence-corrected chi connectivity index (χ1v) is 20.0. The van der Waals surface area contributed by atoms with Crippen LogP contribution in [0.25, 0.3) is 0 Å². The minimum atomic E-state index is -1.63. The van der Waals surface area contributed by atoms with Crippen LogP contribution in [0.15, 0.2) is 12.1 Å². The number of ether oxygens (including phenoxy) is 4. The van der Waals surface area contributed by atoms with Gasteiger partial charge in [0.05, 0.1) is 59.2 Å². The summed E-state index contributed by atoms with van der Waals surface area (Å²) in [6.45, 7) is 20.3. The number of hydrogen-bond acceptors (Lipinski definition) is 14. The Kier molecular flexibility index (Phi) is 12.5. The standard InChI is InChI=1S/C13H16BNO5.C13H14ClNO3.C12H24B2O4/c1-2-19-13(16)10-6-9(14(17)18)8-5-7-3-4-11(20-7)12(8)15-10;1-2-17-13(16)10-6-9(14)8-5-7-3-4-11(18-7)12(8)15-10;1-9(2)10(3,4)16-13(15-9)14-17-11(5,6)12(7,8)18-14/h6-7,11,17-18H,2-5H2,1H3;6-7,11H,2-5H2,1H3;1-8H3. The van der Waals surface area contributed by atoms with Gasteiger partial charge in [-0.3, -0.25) is 0 Å². The molecule has 4 saturated heterocycles. The zero-order valence-electron chi connectivity index (χ0n) is 34.1. The first-order valence-electron chi connectivity index (χ1n) is 19.6. The molecule has 0 saturated carbocycles. The van der Waals surface area contributed by atoms with Gasteiger partial charge < -0.3 is 47.6 Å². The van der Waals surface area contributed by atoms with Gasteiger partial charge in [0.15, 0.2) is 0 Å². The van der Waals surface area contributed by atoms with Crippen molar-refractivity contribution in [2.75, 3.05) is 13.2 Å². The van der Waals surface area contributed by atoms with E-state index >= 15 is 0 Å². The molecule has 0 aromatic carbocycles. The van der Waals surface area contributed by atoms with Crippen LogP contribution in [0.4, 0.5) is 0 Å². The number of fused-ring (bicyclic) bond motifs is 8. The molecule has 56 heavy (non-hydrogen) atoms. The van der Waals surface area contributed by atoms with Gasteiger partial charge in [0.25, 0.3) is 0 Å². The second-order valence-electron chi connectivity index (χ2n) is 16.9. The number of rotatable bonds is 6. The van der Waals surface area contributed by atoms with Crippen molar-refractivity contribution in [2.45, 2.75) is 155 Å². The van der Waals surface area contributed by atoms with E-state index in [4.69, 9.17) is 49.2 Å². The summed E-state index contributed by atoms with van der Waals surface area (Å²) in [6.07, 6.45) is 5.36. The fraction of sp³-hybridized carbons (Fsp3) is 0.684. The summed E-state index contributed by atoms with van der Waals surface area (Å²) < 4.78 is 45.3. The average Bonchev–Trinajstić information content (AvgIpc) is 3.82. The van der Waals surface area contributed by atoms with Crippen molar-refractivity contribution in [3.63, 3.8) is 0 Å². The van der Waals surface area contributed by atoms with Gasteiger partial charge >= 0.3 is 33.1 Å². The topological polar surface area (TPSA) is 174 Å². The highest BCUT2D eigenvalue weighted by molar-refractivity contribution is 7.11. The lowest BCUT2D eigenvalue weighted by molar-refractivity contribution is 0.00578. The van der Waals surface area contributed by atoms with Crippen molar-refractivity contribution in [3.8, 4) is 0 Å². The maximum absolute atomic E-state index is 11.8. The van der Waals surface area contributed by atoms with Crippen LogP contribution >= 0.6 is 11.6 Å². The third-order valence-electron chi connectivity index (χ3n) is 12.0. The zero-order valence-corrected chi connectivity index (χ0v) is 34.9. The van der Waals surface area contributed by atoms with Crippen molar-refractivity contribution in [2.24, 2.45) is 0 Å². The van der Waals surface area contributed by atoms with Gasteiger partial charge in [-0.05, 0) is 124 Å². The zero-order chi connectivity index (χ0) is 41.0. The van der Waals surface area contributed by atoms with Gasteiger partial charge in [0, 0.05) is 17.9 Å². The summed E-state index contributed by atoms with van der Waals surface area (Å²) in [5.41, 5.74) is 2.56. The summed E-state index contributed by atoms with van der Waals surface area (Å²) in [4.78, 5) is 32.2. The van der Waals surface area contributed by atoms with Crippen LogP contribution in [0.1, 0.15) is 151 Å². The van der Waals surface area contributed by atoms with Crippen LogP contribution in [-0.4, -0.2) is 101 Å². The van der Waals surface area contributed by atoms with Crippen LogP contribution in [-0.2, 0) is 50.4 Å². The maximum atomic E-state index is 11.8. The first-order chi connectivity index (χ1) is 26.2. The molecule has 4 atom stereocenters. The predicted molar refractivity (Wildman–Crippen MR) is 208 cm³/mol. The van der Waals surface area contributed by atoms with E-state index in [1.54, 1.807) is 19.9 Å². The van der Waals surface area contributed by atoms with Crippen molar-refractivity contribution in [1.82, 2.24) is 9.97 Å². The van der Waals surface area contributed by atoms with Gasteiger partial charge in [0.2, 0.25) is 0 Å². The number of hydrogen-bond donors (Lipinski definition) is 2. The van der Waals surface area contributed by atoms with E-state index in [-0.39, 0.29) is 64.8 Å². The second kappa shape index (κ2) is 16.2. The molecule has 6 aliphatic heterocycles. The van der Waals surface area contributed by atoms with E-state index in [0.29, 0.717) is 29.2 Å². The number of nitrogens with zero attached hydrogens (tertiary/aromatic N) is 2. The summed E-state index contributed by atoms with van der Waals surface area (Å²) in [6, 6.07) is 3.01. The number of esters is 2. The third kappa shape index (κ3) is 8.58. The molecule has 0 spiro atoms. The van der Waals surface area contributed by atoms with Crippen molar-refractivity contribution in [1.29, 1.82) is 0 Å². The quantitative estimate of drug-likeness (QED) is 0.305.